The highest BCUT2D eigenvalue weighted by Crippen LogP contribution is 2.38. The molecule has 1 saturated carbocycles. The van der Waals surface area contributed by atoms with Crippen molar-refractivity contribution in [2.75, 3.05) is 13.2 Å². The van der Waals surface area contributed by atoms with Crippen molar-refractivity contribution in [1.29, 1.82) is 0 Å². The monoisotopic (exact) mass is 278 g/mol. The van der Waals surface area contributed by atoms with Crippen molar-refractivity contribution in [1.82, 2.24) is 9.97 Å². The molecule has 3 rings (SSSR count). The summed E-state index contributed by atoms with van der Waals surface area (Å²) in [6.45, 7) is 3.66. The van der Waals surface area contributed by atoms with Crippen molar-refractivity contribution in [3.8, 4) is 0 Å². The Labute approximate surface area is 118 Å². The molecule has 1 fully saturated rings. The van der Waals surface area contributed by atoms with E-state index in [0.717, 1.165) is 37.2 Å². The predicted octanol–water partition coefficient (Wildman–Crippen LogP) is 2.04. The van der Waals surface area contributed by atoms with Crippen LogP contribution in [0.15, 0.2) is 4.79 Å². The van der Waals surface area contributed by atoms with Gasteiger partial charge in [-0.3, -0.25) is 4.79 Å². The lowest BCUT2D eigenvalue weighted by Crippen LogP contribution is -2.38. The molecule has 1 aliphatic carbocycles. The van der Waals surface area contributed by atoms with Gasteiger partial charge < -0.3 is 14.5 Å². The highest BCUT2D eigenvalue weighted by atomic mass is 16.5. The van der Waals surface area contributed by atoms with Gasteiger partial charge in [-0.2, -0.15) is 0 Å². The van der Waals surface area contributed by atoms with E-state index < -0.39 is 0 Å². The molecule has 0 spiro atoms. The van der Waals surface area contributed by atoms with Crippen LogP contribution in [-0.2, 0) is 28.1 Å². The number of hydrogen-bond acceptors (Lipinski definition) is 4. The van der Waals surface area contributed by atoms with E-state index in [9.17, 15) is 4.79 Å². The van der Waals surface area contributed by atoms with Crippen LogP contribution < -0.4 is 5.56 Å². The summed E-state index contributed by atoms with van der Waals surface area (Å²) in [6.07, 6.45) is 6.10. The molecule has 1 aliphatic heterocycles. The molecule has 0 atom stereocenters. The number of aromatic amines is 1. The number of nitrogens with one attached hydrogen (secondary N) is 1. The van der Waals surface area contributed by atoms with Gasteiger partial charge in [-0.15, -0.1) is 0 Å². The molecule has 0 unspecified atom stereocenters. The molecular weight excluding hydrogens is 256 g/mol. The molecule has 1 aromatic heterocycles. The molecule has 110 valence electrons. The fourth-order valence-corrected chi connectivity index (χ4v) is 3.31. The van der Waals surface area contributed by atoms with Crippen LogP contribution in [0.5, 0.6) is 0 Å². The molecule has 5 nitrogen and oxygen atoms in total. The third-order valence-electron chi connectivity index (χ3n) is 4.34. The van der Waals surface area contributed by atoms with E-state index in [1.54, 1.807) is 0 Å². The van der Waals surface area contributed by atoms with Gasteiger partial charge in [-0.25, -0.2) is 4.98 Å². The zero-order valence-electron chi connectivity index (χ0n) is 12.0. The number of nitrogens with zero attached hydrogens (tertiary/aromatic N) is 1. The Morgan fingerprint density at radius 3 is 2.90 bits per heavy atom. The predicted molar refractivity (Wildman–Crippen MR) is 74.6 cm³/mol. The Morgan fingerprint density at radius 2 is 2.15 bits per heavy atom. The number of fused-ring (bicyclic) bond motifs is 1. The van der Waals surface area contributed by atoms with Crippen molar-refractivity contribution in [2.24, 2.45) is 0 Å². The van der Waals surface area contributed by atoms with Gasteiger partial charge >= 0.3 is 0 Å². The molecule has 1 N–H and O–H groups in total. The van der Waals surface area contributed by atoms with Gasteiger partial charge in [0, 0.05) is 13.0 Å². The first-order chi connectivity index (χ1) is 9.75. The molecule has 2 aliphatic rings. The second kappa shape index (κ2) is 5.66. The number of rotatable bonds is 3. The number of ether oxygens (including phenoxy) is 2. The minimum absolute atomic E-state index is 0.0608. The summed E-state index contributed by atoms with van der Waals surface area (Å²) in [5.74, 6) is 0.727. The molecule has 0 aromatic carbocycles. The summed E-state index contributed by atoms with van der Waals surface area (Å²) < 4.78 is 11.4. The topological polar surface area (TPSA) is 64.2 Å². The lowest BCUT2D eigenvalue weighted by atomic mass is 9.83. The Balaban J connectivity index is 2.03. The molecular formula is C15H22N2O3. The zero-order chi connectivity index (χ0) is 14.0. The molecule has 0 amide bonds. The molecule has 0 bridgehead atoms. The van der Waals surface area contributed by atoms with Crippen molar-refractivity contribution >= 4 is 0 Å². The Kier molecular flexibility index (Phi) is 3.89. The van der Waals surface area contributed by atoms with Crippen LogP contribution >= 0.6 is 0 Å². The average molecular weight is 278 g/mol. The van der Waals surface area contributed by atoms with E-state index in [0.29, 0.717) is 31.8 Å². The molecule has 5 heteroatoms. The van der Waals surface area contributed by atoms with Crippen molar-refractivity contribution in [2.45, 2.75) is 57.7 Å². The van der Waals surface area contributed by atoms with Crippen LogP contribution in [0.1, 0.15) is 56.1 Å². The van der Waals surface area contributed by atoms with Crippen LogP contribution in [-0.4, -0.2) is 23.2 Å². The van der Waals surface area contributed by atoms with Gasteiger partial charge in [0.15, 0.2) is 0 Å². The zero-order valence-corrected chi connectivity index (χ0v) is 12.0. The quantitative estimate of drug-likeness (QED) is 0.919. The second-order valence-corrected chi connectivity index (χ2v) is 5.63. The van der Waals surface area contributed by atoms with E-state index in [-0.39, 0.29) is 11.2 Å². The first kappa shape index (κ1) is 13.8. The van der Waals surface area contributed by atoms with Gasteiger partial charge in [0.05, 0.1) is 24.5 Å². The largest absolute Gasteiger partial charge is 0.376 e. The lowest BCUT2D eigenvalue weighted by Gasteiger charge is -2.36. The van der Waals surface area contributed by atoms with Gasteiger partial charge in [-0.05, 0) is 19.8 Å². The normalized spacial score (nSPS) is 21.4. The molecule has 1 aromatic rings. The Hall–Kier alpha value is -1.20. The highest BCUT2D eigenvalue weighted by molar-refractivity contribution is 5.21. The average Bonchev–Trinajstić information content (AvgIpc) is 2.48. The fourth-order valence-electron chi connectivity index (χ4n) is 3.31. The molecule has 20 heavy (non-hydrogen) atoms. The van der Waals surface area contributed by atoms with E-state index >= 15 is 0 Å². The van der Waals surface area contributed by atoms with E-state index in [1.807, 2.05) is 6.92 Å². The summed E-state index contributed by atoms with van der Waals surface area (Å²) in [5, 5.41) is 0. The summed E-state index contributed by atoms with van der Waals surface area (Å²) in [6, 6.07) is 0. The van der Waals surface area contributed by atoms with Crippen LogP contribution in [0.3, 0.4) is 0 Å². The lowest BCUT2D eigenvalue weighted by molar-refractivity contribution is -0.0771. The molecule has 0 radical (unpaired) electrons. The smallest absolute Gasteiger partial charge is 0.256 e. The third kappa shape index (κ3) is 2.40. The van der Waals surface area contributed by atoms with Crippen LogP contribution in [0, 0.1) is 0 Å². The maximum Gasteiger partial charge on any atom is 0.256 e. The van der Waals surface area contributed by atoms with Gasteiger partial charge in [0.1, 0.15) is 11.4 Å². The maximum absolute atomic E-state index is 12.2. The third-order valence-corrected chi connectivity index (χ3v) is 4.34. The second-order valence-electron chi connectivity index (χ2n) is 5.63. The van der Waals surface area contributed by atoms with Crippen molar-refractivity contribution in [3.05, 3.63) is 27.4 Å². The van der Waals surface area contributed by atoms with Crippen LogP contribution in [0.25, 0.3) is 0 Å². The Morgan fingerprint density at radius 1 is 1.35 bits per heavy atom. The summed E-state index contributed by atoms with van der Waals surface area (Å²) >= 11 is 0. The van der Waals surface area contributed by atoms with Gasteiger partial charge in [0.2, 0.25) is 0 Å². The maximum atomic E-state index is 12.2. The standard InChI is InChI=1S/C15H22N2O3/c1-2-20-15(7-4-3-5-8-15)14-16-12-6-9-19-10-11(12)13(18)17-14/h2-10H2,1H3,(H,16,17,18). The van der Waals surface area contributed by atoms with Crippen LogP contribution in [0.4, 0.5) is 0 Å². The number of hydrogen-bond donors (Lipinski definition) is 1. The SMILES string of the molecule is CCOC1(c2nc3c(c(=O)[nH]2)COCC3)CCCCC1. The van der Waals surface area contributed by atoms with Crippen LogP contribution in [0.2, 0.25) is 0 Å². The summed E-state index contributed by atoms with van der Waals surface area (Å²) in [7, 11) is 0. The minimum atomic E-state index is -0.389. The molecule has 0 saturated heterocycles. The van der Waals surface area contributed by atoms with Gasteiger partial charge in [-0.1, -0.05) is 19.3 Å². The first-order valence-electron chi connectivity index (χ1n) is 7.59. The van der Waals surface area contributed by atoms with E-state index in [4.69, 9.17) is 14.5 Å². The van der Waals surface area contributed by atoms with Crippen molar-refractivity contribution in [3.63, 3.8) is 0 Å². The van der Waals surface area contributed by atoms with Gasteiger partial charge in [0.25, 0.3) is 5.56 Å². The van der Waals surface area contributed by atoms with Crippen molar-refractivity contribution < 1.29 is 9.47 Å². The van der Waals surface area contributed by atoms with E-state index in [1.165, 1.54) is 6.42 Å². The van der Waals surface area contributed by atoms with E-state index in [2.05, 4.69) is 4.98 Å². The molecule has 2 heterocycles. The summed E-state index contributed by atoms with van der Waals surface area (Å²) in [4.78, 5) is 19.9. The Bertz CT molecular complexity index is 527. The minimum Gasteiger partial charge on any atom is -0.376 e. The fraction of sp³-hybridized carbons (Fsp3) is 0.733. The summed E-state index contributed by atoms with van der Waals surface area (Å²) in [5.41, 5.74) is 1.12. The number of aromatic nitrogens is 2. The highest BCUT2D eigenvalue weighted by Gasteiger charge is 2.37. The number of H-pyrrole nitrogens is 1. The first-order valence-corrected chi connectivity index (χ1v) is 7.59.